The zero-order valence-electron chi connectivity index (χ0n) is 9.07. The zero-order valence-corrected chi connectivity index (χ0v) is 9.07. The van der Waals surface area contributed by atoms with Crippen LogP contribution in [-0.4, -0.2) is 5.11 Å². The van der Waals surface area contributed by atoms with E-state index in [9.17, 15) is 9.50 Å². The van der Waals surface area contributed by atoms with Crippen LogP contribution in [0, 0.1) is 17.7 Å². The molecule has 16 heavy (non-hydrogen) atoms. The Hall–Kier alpha value is -1.31. The fraction of sp³-hybridized carbons (Fsp3) is 0.429. The van der Waals surface area contributed by atoms with E-state index in [1.165, 1.54) is 25.3 Å². The van der Waals surface area contributed by atoms with Crippen LogP contribution in [0.15, 0.2) is 30.4 Å². The summed E-state index contributed by atoms with van der Waals surface area (Å²) in [5.74, 6) is 1.18. The highest BCUT2D eigenvalue weighted by atomic mass is 19.1. The summed E-state index contributed by atoms with van der Waals surface area (Å²) in [7, 11) is 0. The van der Waals surface area contributed by atoms with Gasteiger partial charge in [0, 0.05) is 12.0 Å². The van der Waals surface area contributed by atoms with E-state index in [4.69, 9.17) is 0 Å². The van der Waals surface area contributed by atoms with Crippen molar-refractivity contribution >= 4 is 0 Å². The van der Waals surface area contributed by atoms with Crippen molar-refractivity contribution in [1.82, 2.24) is 0 Å². The fourth-order valence-corrected chi connectivity index (χ4v) is 3.23. The second-order valence-corrected chi connectivity index (χ2v) is 4.88. The minimum atomic E-state index is -0.276. The van der Waals surface area contributed by atoms with Crippen molar-refractivity contribution in [2.75, 3.05) is 0 Å². The zero-order chi connectivity index (χ0) is 11.1. The van der Waals surface area contributed by atoms with Crippen LogP contribution < -0.4 is 0 Å². The van der Waals surface area contributed by atoms with E-state index in [-0.39, 0.29) is 17.5 Å². The van der Waals surface area contributed by atoms with Gasteiger partial charge in [0.1, 0.15) is 11.6 Å². The molecule has 2 heteroatoms. The number of allylic oxidation sites excluding steroid dienone is 2. The summed E-state index contributed by atoms with van der Waals surface area (Å²) in [5, 5.41) is 9.21. The molecule has 0 saturated heterocycles. The molecule has 1 fully saturated rings. The van der Waals surface area contributed by atoms with Gasteiger partial charge in [-0.25, -0.2) is 4.39 Å². The molecule has 2 aliphatic rings. The van der Waals surface area contributed by atoms with Gasteiger partial charge in [-0.2, -0.15) is 0 Å². The topological polar surface area (TPSA) is 20.2 Å². The molecule has 3 unspecified atom stereocenters. The van der Waals surface area contributed by atoms with Crippen LogP contribution in [0.5, 0.6) is 5.75 Å². The average Bonchev–Trinajstić information content (AvgIpc) is 2.80. The summed E-state index contributed by atoms with van der Waals surface area (Å²) in [5.41, 5.74) is 0.739. The molecule has 3 atom stereocenters. The molecule has 1 nitrogen and oxygen atoms in total. The summed E-state index contributed by atoms with van der Waals surface area (Å²) in [6, 6.07) is 4.51. The quantitative estimate of drug-likeness (QED) is 0.714. The van der Waals surface area contributed by atoms with Crippen LogP contribution in [0.4, 0.5) is 4.39 Å². The second kappa shape index (κ2) is 3.62. The van der Waals surface area contributed by atoms with E-state index in [2.05, 4.69) is 12.2 Å². The molecule has 0 amide bonds. The van der Waals surface area contributed by atoms with Crippen LogP contribution in [0.3, 0.4) is 0 Å². The molecule has 1 aromatic carbocycles. The Bertz CT molecular complexity index is 438. The number of hydrogen-bond donors (Lipinski definition) is 1. The Morgan fingerprint density at radius 1 is 1.19 bits per heavy atom. The van der Waals surface area contributed by atoms with E-state index in [1.807, 2.05) is 0 Å². The van der Waals surface area contributed by atoms with Gasteiger partial charge >= 0.3 is 0 Å². The van der Waals surface area contributed by atoms with Crippen LogP contribution in [-0.2, 0) is 0 Å². The number of aromatic hydroxyl groups is 1. The summed E-state index contributed by atoms with van der Waals surface area (Å²) in [4.78, 5) is 0. The molecule has 84 valence electrons. The number of hydrogen-bond acceptors (Lipinski definition) is 1. The first-order chi connectivity index (χ1) is 7.75. The number of rotatable bonds is 1. The van der Waals surface area contributed by atoms with Crippen molar-refractivity contribution < 1.29 is 9.50 Å². The fourth-order valence-electron chi connectivity index (χ4n) is 3.23. The highest BCUT2D eigenvalue weighted by molar-refractivity contribution is 5.35. The predicted octanol–water partition coefficient (Wildman–Crippen LogP) is 3.60. The molecule has 1 N–H and O–H groups in total. The van der Waals surface area contributed by atoms with Crippen molar-refractivity contribution in [1.29, 1.82) is 0 Å². The maximum atomic E-state index is 13.8. The maximum Gasteiger partial charge on any atom is 0.130 e. The Morgan fingerprint density at radius 3 is 2.88 bits per heavy atom. The molecule has 0 radical (unpaired) electrons. The van der Waals surface area contributed by atoms with Gasteiger partial charge in [0.25, 0.3) is 0 Å². The van der Waals surface area contributed by atoms with Gasteiger partial charge in [0.05, 0.1) is 0 Å². The van der Waals surface area contributed by atoms with Crippen molar-refractivity contribution in [2.24, 2.45) is 11.8 Å². The molecule has 2 aliphatic carbocycles. The minimum absolute atomic E-state index is 0.00574. The summed E-state index contributed by atoms with van der Waals surface area (Å²) in [6.45, 7) is 0. The number of phenols is 1. The maximum absolute atomic E-state index is 13.8. The SMILES string of the molecule is Oc1ccc(C2C=CC3CCCC32)c(F)c1. The number of benzene rings is 1. The lowest BCUT2D eigenvalue weighted by Gasteiger charge is -2.19. The van der Waals surface area contributed by atoms with Crippen LogP contribution in [0.2, 0.25) is 0 Å². The van der Waals surface area contributed by atoms with Gasteiger partial charge in [0.15, 0.2) is 0 Å². The van der Waals surface area contributed by atoms with Crippen LogP contribution in [0.1, 0.15) is 30.7 Å². The third-order valence-corrected chi connectivity index (χ3v) is 3.99. The molecule has 3 rings (SSSR count). The molecule has 0 heterocycles. The Balaban J connectivity index is 1.95. The van der Waals surface area contributed by atoms with Gasteiger partial charge in [-0.05, 0) is 36.3 Å². The third kappa shape index (κ3) is 1.44. The van der Waals surface area contributed by atoms with E-state index in [1.54, 1.807) is 12.1 Å². The lowest BCUT2D eigenvalue weighted by atomic mass is 9.85. The van der Waals surface area contributed by atoms with Crippen molar-refractivity contribution in [2.45, 2.75) is 25.2 Å². The van der Waals surface area contributed by atoms with Gasteiger partial charge in [0.2, 0.25) is 0 Å². The van der Waals surface area contributed by atoms with Gasteiger partial charge in [-0.3, -0.25) is 0 Å². The van der Waals surface area contributed by atoms with E-state index < -0.39 is 0 Å². The number of halogens is 1. The van der Waals surface area contributed by atoms with E-state index >= 15 is 0 Å². The van der Waals surface area contributed by atoms with Crippen LogP contribution >= 0.6 is 0 Å². The second-order valence-electron chi connectivity index (χ2n) is 4.88. The van der Waals surface area contributed by atoms with Crippen LogP contribution in [0.25, 0.3) is 0 Å². The van der Waals surface area contributed by atoms with Crippen molar-refractivity contribution in [3.05, 3.63) is 41.7 Å². The largest absolute Gasteiger partial charge is 0.508 e. The first-order valence-corrected chi connectivity index (χ1v) is 5.92. The Labute approximate surface area is 94.6 Å². The summed E-state index contributed by atoms with van der Waals surface area (Å²) < 4.78 is 13.8. The summed E-state index contributed by atoms with van der Waals surface area (Å²) >= 11 is 0. The Kier molecular flexibility index (Phi) is 2.23. The monoisotopic (exact) mass is 218 g/mol. The first-order valence-electron chi connectivity index (χ1n) is 5.92. The highest BCUT2D eigenvalue weighted by Gasteiger charge is 2.36. The highest BCUT2D eigenvalue weighted by Crippen LogP contribution is 2.48. The molecule has 0 bridgehead atoms. The molecular weight excluding hydrogens is 203 g/mol. The smallest absolute Gasteiger partial charge is 0.130 e. The normalized spacial score (nSPS) is 31.9. The standard InChI is InChI=1S/C14H15FO/c15-14-8-10(16)5-7-13(14)12-6-4-9-2-1-3-11(9)12/h4-9,11-12,16H,1-3H2. The van der Waals surface area contributed by atoms with E-state index in [0.717, 1.165) is 5.56 Å². The third-order valence-electron chi connectivity index (χ3n) is 3.99. The van der Waals surface area contributed by atoms with Gasteiger partial charge in [-0.15, -0.1) is 0 Å². The lowest BCUT2D eigenvalue weighted by molar-refractivity contribution is 0.432. The average molecular weight is 218 g/mol. The lowest BCUT2D eigenvalue weighted by Crippen LogP contribution is -2.10. The Morgan fingerprint density at radius 2 is 2.06 bits per heavy atom. The minimum Gasteiger partial charge on any atom is -0.508 e. The molecule has 1 aromatic rings. The molecule has 0 aromatic heterocycles. The van der Waals surface area contributed by atoms with E-state index in [0.29, 0.717) is 11.8 Å². The molecular formula is C14H15FO. The number of fused-ring (bicyclic) bond motifs is 1. The number of phenolic OH excluding ortho intramolecular Hbond substituents is 1. The molecule has 0 aliphatic heterocycles. The predicted molar refractivity (Wildman–Crippen MR) is 60.8 cm³/mol. The molecule has 0 spiro atoms. The molecule has 1 saturated carbocycles. The van der Waals surface area contributed by atoms with Crippen molar-refractivity contribution in [3.63, 3.8) is 0 Å². The summed E-state index contributed by atoms with van der Waals surface area (Å²) in [6.07, 6.45) is 8.09. The van der Waals surface area contributed by atoms with Gasteiger partial charge in [-0.1, -0.05) is 24.6 Å². The van der Waals surface area contributed by atoms with Crippen molar-refractivity contribution in [3.8, 4) is 5.75 Å². The van der Waals surface area contributed by atoms with Gasteiger partial charge < -0.3 is 5.11 Å². The first kappa shape index (κ1) is 9.88.